The predicted molar refractivity (Wildman–Crippen MR) is 0 cm³/mol. The van der Waals surface area contributed by atoms with Crippen LogP contribution in [0.3, 0.4) is 0 Å². The third kappa shape index (κ3) is 25.0. The fourth-order valence-electron chi connectivity index (χ4n) is 0. The van der Waals surface area contributed by atoms with Gasteiger partial charge in [0, 0.05) is 122 Å². The smallest absolute Gasteiger partial charge is 0 e. The van der Waals surface area contributed by atoms with Crippen molar-refractivity contribution in [2.24, 2.45) is 0 Å². The molecule has 0 fully saturated rings. The monoisotopic (exact) mass is 448 g/mol. The Morgan fingerprint density at radius 1 is 0.333 bits per heavy atom. The van der Waals surface area contributed by atoms with E-state index in [2.05, 4.69) is 0 Å². The summed E-state index contributed by atoms with van der Waals surface area (Å²) in [6, 6.07) is 0. The van der Waals surface area contributed by atoms with E-state index in [0.29, 0.717) is 0 Å². The molecule has 0 radical (unpaired) electrons. The minimum atomic E-state index is 0. The molecule has 0 heterocycles. The predicted octanol–water partition coefficient (Wildman–Crippen LogP) is -0.0125. The molecule has 0 bridgehead atoms. The Morgan fingerprint density at radius 2 is 0.333 bits per heavy atom. The van der Waals surface area contributed by atoms with Crippen molar-refractivity contribution in [2.45, 2.75) is 0 Å². The number of hydrogen-bond donors (Lipinski definition) is 0. The SMILES string of the molecule is [Gd].[Ni].[Ni].[Ni].[Ni].[Ni]. The molecule has 0 aliphatic heterocycles. The van der Waals surface area contributed by atoms with Crippen molar-refractivity contribution in [3.63, 3.8) is 0 Å². The Labute approximate surface area is 120 Å². The van der Waals surface area contributed by atoms with Crippen LogP contribution in [0.15, 0.2) is 0 Å². The van der Waals surface area contributed by atoms with Gasteiger partial charge in [0.25, 0.3) is 0 Å². The summed E-state index contributed by atoms with van der Waals surface area (Å²) < 4.78 is 0. The van der Waals surface area contributed by atoms with E-state index in [9.17, 15) is 0 Å². The fraction of sp³-hybridized carbons (Fsp3) is 0. The molecule has 0 atom stereocenters. The molecule has 0 aromatic heterocycles. The van der Waals surface area contributed by atoms with Crippen molar-refractivity contribution in [3.8, 4) is 0 Å². The summed E-state index contributed by atoms with van der Waals surface area (Å²) in [5.74, 6) is 0. The Morgan fingerprint density at radius 3 is 0.333 bits per heavy atom. The first kappa shape index (κ1) is 52.6. The maximum atomic E-state index is 0. The van der Waals surface area contributed by atoms with Crippen molar-refractivity contribution < 1.29 is 122 Å². The van der Waals surface area contributed by atoms with Crippen LogP contribution in [0.2, 0.25) is 0 Å². The largest absolute Gasteiger partial charge is 0 e. The van der Waals surface area contributed by atoms with Crippen LogP contribution in [-0.2, 0) is 82.5 Å². The summed E-state index contributed by atoms with van der Waals surface area (Å²) >= 11 is 0. The minimum absolute atomic E-state index is 0. The maximum Gasteiger partial charge on any atom is 0 e. The Bertz CT molecular complexity index is 3.90. The van der Waals surface area contributed by atoms with Crippen LogP contribution in [0.4, 0.5) is 0 Å². The van der Waals surface area contributed by atoms with Gasteiger partial charge < -0.3 is 0 Å². The Kier molecular flexibility index (Phi) is 326. The minimum Gasteiger partial charge on any atom is 0 e. The summed E-state index contributed by atoms with van der Waals surface area (Å²) in [6.45, 7) is 0. The Hall–Kier alpha value is 3.79. The molecule has 0 aromatic carbocycles. The normalized spacial score (nSPS) is 0. The molecular formula is GdNi5. The molecular weight excluding hydrogens is 451 g/mol. The second-order valence-corrected chi connectivity index (χ2v) is 0. The van der Waals surface area contributed by atoms with Gasteiger partial charge >= 0.3 is 0 Å². The zero-order valence-electron chi connectivity index (χ0n) is 1.93. The van der Waals surface area contributed by atoms with E-state index in [-0.39, 0.29) is 122 Å². The van der Waals surface area contributed by atoms with Crippen LogP contribution in [0.5, 0.6) is 0 Å². The average molecular weight is 451 g/mol. The van der Waals surface area contributed by atoms with Gasteiger partial charge in [-0.1, -0.05) is 0 Å². The molecule has 6 heteroatoms. The zero-order valence-corrected chi connectivity index (χ0v) is 9.14. The van der Waals surface area contributed by atoms with Gasteiger partial charge in [-0.2, -0.15) is 0 Å². The molecule has 0 unspecified atom stereocenters. The first-order valence-corrected chi connectivity index (χ1v) is 0. The van der Waals surface area contributed by atoms with Gasteiger partial charge in [0.2, 0.25) is 0 Å². The summed E-state index contributed by atoms with van der Waals surface area (Å²) in [7, 11) is 0. The molecule has 0 saturated carbocycles. The second-order valence-electron chi connectivity index (χ2n) is 0. The van der Waals surface area contributed by atoms with Gasteiger partial charge in [0.05, 0.1) is 0 Å². The second kappa shape index (κ2) is 37.1. The number of rotatable bonds is 0. The summed E-state index contributed by atoms with van der Waals surface area (Å²) in [4.78, 5) is 0. The van der Waals surface area contributed by atoms with E-state index >= 15 is 0 Å². The fourth-order valence-corrected chi connectivity index (χ4v) is 0. The van der Waals surface area contributed by atoms with Gasteiger partial charge in [0.15, 0.2) is 0 Å². The van der Waals surface area contributed by atoms with Gasteiger partial charge in [0.1, 0.15) is 0 Å². The van der Waals surface area contributed by atoms with E-state index < -0.39 is 0 Å². The van der Waals surface area contributed by atoms with E-state index in [1.807, 2.05) is 0 Å². The van der Waals surface area contributed by atoms with Crippen LogP contribution >= 0.6 is 0 Å². The molecule has 58 valence electrons. The third-order valence-electron chi connectivity index (χ3n) is 0. The first-order chi connectivity index (χ1) is 0. The van der Waals surface area contributed by atoms with E-state index in [1.54, 1.807) is 0 Å². The molecule has 0 nitrogen and oxygen atoms in total. The van der Waals surface area contributed by atoms with E-state index in [0.717, 1.165) is 0 Å². The van der Waals surface area contributed by atoms with Crippen molar-refractivity contribution >= 4 is 0 Å². The standard InChI is InChI=1S/Gd.5Ni. The topological polar surface area (TPSA) is 0 Å². The van der Waals surface area contributed by atoms with Gasteiger partial charge in [-0.25, -0.2) is 0 Å². The first-order valence-electron chi connectivity index (χ1n) is 0. The number of hydrogen-bond acceptors (Lipinski definition) is 0. The van der Waals surface area contributed by atoms with Gasteiger partial charge in [-0.15, -0.1) is 0 Å². The van der Waals surface area contributed by atoms with Crippen LogP contribution in [0.1, 0.15) is 0 Å². The molecule has 0 rings (SSSR count). The van der Waals surface area contributed by atoms with Gasteiger partial charge in [-0.05, 0) is 0 Å². The zero-order chi connectivity index (χ0) is 0. The van der Waals surface area contributed by atoms with Crippen molar-refractivity contribution in [1.29, 1.82) is 0 Å². The third-order valence-corrected chi connectivity index (χ3v) is 0. The Balaban J connectivity index is 0. The van der Waals surface area contributed by atoms with Crippen molar-refractivity contribution in [2.75, 3.05) is 0 Å². The maximum absolute atomic E-state index is 0. The molecule has 0 aromatic rings. The molecule has 0 amide bonds. The molecule has 6 heavy (non-hydrogen) atoms. The summed E-state index contributed by atoms with van der Waals surface area (Å²) in [5, 5.41) is 0. The molecule has 0 aliphatic rings. The van der Waals surface area contributed by atoms with E-state index in [4.69, 9.17) is 0 Å². The molecule has 0 aliphatic carbocycles. The van der Waals surface area contributed by atoms with Crippen LogP contribution in [0, 0.1) is 39.9 Å². The van der Waals surface area contributed by atoms with E-state index in [1.165, 1.54) is 0 Å². The summed E-state index contributed by atoms with van der Waals surface area (Å²) in [5.41, 5.74) is 0. The molecule has 0 saturated heterocycles. The molecule has 0 N–H and O–H groups in total. The van der Waals surface area contributed by atoms with Crippen molar-refractivity contribution in [1.82, 2.24) is 0 Å². The quantitative estimate of drug-likeness (QED) is 0.456. The average Bonchev–Trinajstić information content (AvgIpc) is 0. The van der Waals surface area contributed by atoms with Gasteiger partial charge in [-0.3, -0.25) is 0 Å². The van der Waals surface area contributed by atoms with Crippen molar-refractivity contribution in [3.05, 3.63) is 0 Å². The van der Waals surface area contributed by atoms with Crippen LogP contribution < -0.4 is 0 Å². The molecule has 0 spiro atoms. The van der Waals surface area contributed by atoms with Crippen LogP contribution in [-0.4, -0.2) is 0 Å². The summed E-state index contributed by atoms with van der Waals surface area (Å²) in [6.07, 6.45) is 0. The van der Waals surface area contributed by atoms with Crippen LogP contribution in [0.25, 0.3) is 0 Å².